The first kappa shape index (κ1) is 22.4. The van der Waals surface area contributed by atoms with Crippen molar-refractivity contribution in [3.63, 3.8) is 0 Å². The molecule has 0 bridgehead atoms. The molecule has 0 aliphatic carbocycles. The van der Waals surface area contributed by atoms with Crippen LogP contribution in [0.2, 0.25) is 5.02 Å². The molecular formula is C21H19ClN2O6S. The lowest BCUT2D eigenvalue weighted by atomic mass is 10.0. The third-order valence-corrected chi connectivity index (χ3v) is 4.98. The van der Waals surface area contributed by atoms with Gasteiger partial charge in [-0.15, -0.1) is 0 Å². The molecule has 1 aromatic heterocycles. The van der Waals surface area contributed by atoms with Gasteiger partial charge in [-0.1, -0.05) is 11.6 Å². The van der Waals surface area contributed by atoms with E-state index in [9.17, 15) is 13.2 Å². The zero-order valence-corrected chi connectivity index (χ0v) is 18.5. The van der Waals surface area contributed by atoms with Crippen LogP contribution >= 0.6 is 11.6 Å². The van der Waals surface area contributed by atoms with Crippen LogP contribution in [0.1, 0.15) is 10.4 Å². The highest BCUT2D eigenvalue weighted by Crippen LogP contribution is 2.39. The van der Waals surface area contributed by atoms with Crippen molar-refractivity contribution >= 4 is 27.5 Å². The standard InChI is InChI=1S/C21H19ClN2O6S/c1-28-19-9-7-14(12-17(19)22)30-18-8-6-13(20(25)24-31(3,26)27)11-16(18)15-5-4-10-23-21(15)29-2/h4-12H,1-3H3,(H,24,25). The van der Waals surface area contributed by atoms with Crippen LogP contribution < -0.4 is 18.9 Å². The van der Waals surface area contributed by atoms with Gasteiger partial charge < -0.3 is 14.2 Å². The molecule has 1 amide bonds. The second-order valence-electron chi connectivity index (χ2n) is 6.37. The average Bonchev–Trinajstić information content (AvgIpc) is 2.73. The van der Waals surface area contributed by atoms with E-state index in [0.717, 1.165) is 6.26 Å². The first-order valence-corrected chi connectivity index (χ1v) is 11.2. The SMILES string of the molecule is COc1ccc(Oc2ccc(C(=O)NS(C)(=O)=O)cc2-c2cccnc2OC)cc1Cl. The van der Waals surface area contributed by atoms with E-state index in [1.54, 1.807) is 42.6 Å². The van der Waals surface area contributed by atoms with Gasteiger partial charge in [-0.3, -0.25) is 4.79 Å². The first-order valence-electron chi connectivity index (χ1n) is 8.89. The fourth-order valence-electron chi connectivity index (χ4n) is 2.79. The smallest absolute Gasteiger partial charge is 0.264 e. The second-order valence-corrected chi connectivity index (χ2v) is 8.53. The Morgan fingerprint density at radius 2 is 1.74 bits per heavy atom. The van der Waals surface area contributed by atoms with Crippen LogP contribution in [0.4, 0.5) is 0 Å². The van der Waals surface area contributed by atoms with E-state index in [4.69, 9.17) is 25.8 Å². The number of pyridine rings is 1. The van der Waals surface area contributed by atoms with Crippen molar-refractivity contribution in [1.29, 1.82) is 0 Å². The summed E-state index contributed by atoms with van der Waals surface area (Å²) in [6, 6.07) is 12.9. The summed E-state index contributed by atoms with van der Waals surface area (Å²) in [5.74, 6) is 0.842. The van der Waals surface area contributed by atoms with Crippen LogP contribution in [0.25, 0.3) is 11.1 Å². The molecular weight excluding hydrogens is 444 g/mol. The monoisotopic (exact) mass is 462 g/mol. The molecule has 162 valence electrons. The highest BCUT2D eigenvalue weighted by molar-refractivity contribution is 7.89. The van der Waals surface area contributed by atoms with E-state index in [-0.39, 0.29) is 5.56 Å². The van der Waals surface area contributed by atoms with Crippen molar-refractivity contribution in [3.8, 4) is 34.3 Å². The van der Waals surface area contributed by atoms with Crippen LogP contribution in [0.3, 0.4) is 0 Å². The number of sulfonamides is 1. The molecule has 3 aromatic rings. The van der Waals surface area contributed by atoms with Crippen molar-refractivity contribution in [3.05, 3.63) is 65.3 Å². The highest BCUT2D eigenvalue weighted by atomic mass is 35.5. The molecule has 0 fully saturated rings. The molecule has 2 aromatic carbocycles. The summed E-state index contributed by atoms with van der Waals surface area (Å²) in [5.41, 5.74) is 1.14. The van der Waals surface area contributed by atoms with Gasteiger partial charge in [0.25, 0.3) is 5.91 Å². The molecule has 0 radical (unpaired) electrons. The lowest BCUT2D eigenvalue weighted by molar-refractivity contribution is 0.0981. The molecule has 10 heteroatoms. The Labute approximate surface area is 184 Å². The molecule has 1 N–H and O–H groups in total. The molecule has 0 saturated heterocycles. The maximum absolute atomic E-state index is 12.4. The number of rotatable bonds is 7. The summed E-state index contributed by atoms with van der Waals surface area (Å²) in [4.78, 5) is 16.6. The number of benzene rings is 2. The lowest BCUT2D eigenvalue weighted by Gasteiger charge is -2.15. The van der Waals surface area contributed by atoms with Crippen LogP contribution in [-0.4, -0.2) is 39.8 Å². The van der Waals surface area contributed by atoms with Crippen LogP contribution in [0.15, 0.2) is 54.7 Å². The largest absolute Gasteiger partial charge is 0.495 e. The summed E-state index contributed by atoms with van der Waals surface area (Å²) in [7, 11) is -0.749. The fourth-order valence-corrected chi connectivity index (χ4v) is 3.50. The normalized spacial score (nSPS) is 11.0. The molecule has 0 spiro atoms. The topological polar surface area (TPSA) is 104 Å². The summed E-state index contributed by atoms with van der Waals surface area (Å²) < 4.78 is 41.3. The molecule has 0 saturated carbocycles. The maximum atomic E-state index is 12.4. The lowest BCUT2D eigenvalue weighted by Crippen LogP contribution is -2.29. The average molecular weight is 463 g/mol. The van der Waals surface area contributed by atoms with E-state index in [2.05, 4.69) is 4.98 Å². The van der Waals surface area contributed by atoms with Gasteiger partial charge in [-0.05, 0) is 42.5 Å². The fraction of sp³-hybridized carbons (Fsp3) is 0.143. The third-order valence-electron chi connectivity index (χ3n) is 4.13. The summed E-state index contributed by atoms with van der Waals surface area (Å²) in [6.45, 7) is 0. The number of carbonyl (C=O) groups is 1. The van der Waals surface area contributed by atoms with E-state index in [1.165, 1.54) is 26.4 Å². The predicted octanol–water partition coefficient (Wildman–Crippen LogP) is 3.90. The number of nitrogens with one attached hydrogen (secondary N) is 1. The third kappa shape index (κ3) is 5.44. The van der Waals surface area contributed by atoms with Crippen LogP contribution in [0, 0.1) is 0 Å². The summed E-state index contributed by atoms with van der Waals surface area (Å²) >= 11 is 6.18. The number of nitrogens with zero attached hydrogens (tertiary/aromatic N) is 1. The number of hydrogen-bond acceptors (Lipinski definition) is 7. The zero-order chi connectivity index (χ0) is 22.6. The van der Waals surface area contributed by atoms with Gasteiger partial charge in [0.05, 0.1) is 25.5 Å². The minimum atomic E-state index is -3.73. The molecule has 0 unspecified atom stereocenters. The predicted molar refractivity (Wildman–Crippen MR) is 117 cm³/mol. The molecule has 8 nitrogen and oxygen atoms in total. The zero-order valence-electron chi connectivity index (χ0n) is 16.9. The van der Waals surface area contributed by atoms with E-state index >= 15 is 0 Å². The van der Waals surface area contributed by atoms with Gasteiger partial charge in [-0.25, -0.2) is 18.1 Å². The molecule has 0 atom stereocenters. The van der Waals surface area contributed by atoms with Gasteiger partial charge in [0.1, 0.15) is 17.2 Å². The molecule has 3 rings (SSSR count). The number of amides is 1. The quantitative estimate of drug-likeness (QED) is 0.567. The van der Waals surface area contributed by atoms with Gasteiger partial charge in [-0.2, -0.15) is 0 Å². The van der Waals surface area contributed by atoms with Gasteiger partial charge >= 0.3 is 0 Å². The highest BCUT2D eigenvalue weighted by Gasteiger charge is 2.18. The Morgan fingerprint density at radius 1 is 1.00 bits per heavy atom. The second kappa shape index (κ2) is 9.23. The molecule has 0 aliphatic rings. The Balaban J connectivity index is 2.10. The van der Waals surface area contributed by atoms with E-state index in [0.29, 0.717) is 39.3 Å². The number of methoxy groups -OCH3 is 2. The number of halogens is 1. The van der Waals surface area contributed by atoms with Crippen molar-refractivity contribution in [2.75, 3.05) is 20.5 Å². The van der Waals surface area contributed by atoms with Crippen molar-refractivity contribution in [2.24, 2.45) is 0 Å². The number of hydrogen-bond donors (Lipinski definition) is 1. The van der Waals surface area contributed by atoms with Crippen molar-refractivity contribution in [1.82, 2.24) is 9.71 Å². The first-order chi connectivity index (χ1) is 14.7. The van der Waals surface area contributed by atoms with Gasteiger partial charge in [0.2, 0.25) is 15.9 Å². The molecule has 0 aliphatic heterocycles. The van der Waals surface area contributed by atoms with Crippen molar-refractivity contribution in [2.45, 2.75) is 0 Å². The minimum absolute atomic E-state index is 0.117. The number of aromatic nitrogens is 1. The van der Waals surface area contributed by atoms with Crippen molar-refractivity contribution < 1.29 is 27.4 Å². The molecule has 1 heterocycles. The van der Waals surface area contributed by atoms with E-state index in [1.807, 2.05) is 4.72 Å². The maximum Gasteiger partial charge on any atom is 0.264 e. The minimum Gasteiger partial charge on any atom is -0.495 e. The number of carbonyl (C=O) groups excluding carboxylic acids is 1. The summed E-state index contributed by atoms with van der Waals surface area (Å²) in [5, 5.41) is 0.365. The van der Waals surface area contributed by atoms with Gasteiger partial charge in [0.15, 0.2) is 0 Å². The Morgan fingerprint density at radius 3 is 2.39 bits per heavy atom. The van der Waals surface area contributed by atoms with Crippen LogP contribution in [-0.2, 0) is 10.0 Å². The Hall–Kier alpha value is -3.30. The summed E-state index contributed by atoms with van der Waals surface area (Å²) in [6.07, 6.45) is 2.47. The number of ether oxygens (including phenoxy) is 3. The van der Waals surface area contributed by atoms with E-state index < -0.39 is 15.9 Å². The molecule has 31 heavy (non-hydrogen) atoms. The van der Waals surface area contributed by atoms with Gasteiger partial charge in [0, 0.05) is 29.0 Å². The van der Waals surface area contributed by atoms with Crippen LogP contribution in [0.5, 0.6) is 23.1 Å². The Kier molecular flexibility index (Phi) is 6.67. The Bertz CT molecular complexity index is 1230.